The Bertz CT molecular complexity index is 1030. The molecule has 1 amide bonds. The molecule has 1 unspecified atom stereocenters. The number of carbonyl (C=O) groups excluding carboxylic acids is 3. The van der Waals surface area contributed by atoms with Crippen molar-refractivity contribution in [1.29, 1.82) is 0 Å². The molecule has 1 aliphatic heterocycles. The molecule has 2 aromatic rings. The van der Waals surface area contributed by atoms with E-state index in [0.29, 0.717) is 21.7 Å². The number of hydrogen-bond acceptors (Lipinski definition) is 7. The summed E-state index contributed by atoms with van der Waals surface area (Å²) < 4.78 is 9.97. The van der Waals surface area contributed by atoms with Crippen LogP contribution >= 0.6 is 11.6 Å². The van der Waals surface area contributed by atoms with Crippen molar-refractivity contribution in [3.8, 4) is 0 Å². The first-order valence-electron chi connectivity index (χ1n) is 9.80. The quantitative estimate of drug-likeness (QED) is 0.205. The van der Waals surface area contributed by atoms with Crippen LogP contribution in [0.1, 0.15) is 27.5 Å². The summed E-state index contributed by atoms with van der Waals surface area (Å²) in [7, 11) is 1.27. The number of methoxy groups -OCH3 is 1. The Balaban J connectivity index is 2.06. The summed E-state index contributed by atoms with van der Waals surface area (Å²) in [6.45, 7) is 0.0672. The summed E-state index contributed by atoms with van der Waals surface area (Å²) in [5, 5.41) is 20.3. The number of aliphatic hydroxyl groups excluding tert-OH is 2. The average molecular weight is 460 g/mol. The summed E-state index contributed by atoms with van der Waals surface area (Å²) in [5.41, 5.74) is 1.08. The van der Waals surface area contributed by atoms with E-state index in [-0.39, 0.29) is 37.7 Å². The number of carbonyl (C=O) groups is 3. The highest BCUT2D eigenvalue weighted by molar-refractivity contribution is 6.46. The number of aliphatic hydroxyl groups is 2. The maximum absolute atomic E-state index is 12.9. The summed E-state index contributed by atoms with van der Waals surface area (Å²) >= 11 is 5.91. The van der Waals surface area contributed by atoms with Gasteiger partial charge in [0.25, 0.3) is 11.7 Å². The topological polar surface area (TPSA) is 113 Å². The third-order valence-corrected chi connectivity index (χ3v) is 5.27. The zero-order valence-corrected chi connectivity index (χ0v) is 18.0. The van der Waals surface area contributed by atoms with Gasteiger partial charge in [-0.3, -0.25) is 9.59 Å². The van der Waals surface area contributed by atoms with Crippen LogP contribution in [0.5, 0.6) is 0 Å². The Labute approximate surface area is 189 Å². The molecule has 3 rings (SSSR count). The Hall–Kier alpha value is -3.20. The predicted octanol–water partition coefficient (Wildman–Crippen LogP) is 2.56. The van der Waals surface area contributed by atoms with Gasteiger partial charge in [0.05, 0.1) is 44.1 Å². The molecule has 1 aliphatic rings. The molecule has 0 spiro atoms. The van der Waals surface area contributed by atoms with Gasteiger partial charge < -0.3 is 24.6 Å². The fourth-order valence-corrected chi connectivity index (χ4v) is 3.60. The molecule has 0 aliphatic carbocycles. The van der Waals surface area contributed by atoms with Crippen LogP contribution in [0.25, 0.3) is 5.76 Å². The molecule has 0 aromatic heterocycles. The molecule has 1 saturated heterocycles. The van der Waals surface area contributed by atoms with E-state index in [1.54, 1.807) is 36.4 Å². The van der Waals surface area contributed by atoms with Crippen LogP contribution in [0.3, 0.4) is 0 Å². The van der Waals surface area contributed by atoms with Gasteiger partial charge in [0.15, 0.2) is 0 Å². The lowest BCUT2D eigenvalue weighted by Gasteiger charge is -2.25. The van der Waals surface area contributed by atoms with Crippen LogP contribution in [0.15, 0.2) is 54.1 Å². The van der Waals surface area contributed by atoms with E-state index in [2.05, 4.69) is 0 Å². The lowest BCUT2D eigenvalue weighted by Crippen LogP contribution is -2.33. The van der Waals surface area contributed by atoms with Gasteiger partial charge in [-0.1, -0.05) is 23.7 Å². The number of benzene rings is 2. The molecule has 0 saturated carbocycles. The summed E-state index contributed by atoms with van der Waals surface area (Å²) in [4.78, 5) is 38.8. The number of hydrogen-bond donors (Lipinski definition) is 2. The number of ether oxygens (including phenoxy) is 2. The molecule has 8 nitrogen and oxygen atoms in total. The van der Waals surface area contributed by atoms with Gasteiger partial charge in [0, 0.05) is 17.1 Å². The van der Waals surface area contributed by atoms with Gasteiger partial charge in [-0.2, -0.15) is 0 Å². The molecular formula is C23H22ClNO7. The second-order valence-corrected chi connectivity index (χ2v) is 7.39. The molecule has 0 bridgehead atoms. The van der Waals surface area contributed by atoms with E-state index in [4.69, 9.17) is 26.2 Å². The number of rotatable bonds is 8. The standard InChI is InChI=1S/C23H22ClNO7/c1-31-23(30)16-4-2-14(3-5-16)19-18(20(27)15-6-8-17(24)9-7-15)21(28)22(29)25(19)10-12-32-13-11-26/h2-9,19,26-27H,10-13H2,1H3/b20-18+. The lowest BCUT2D eigenvalue weighted by molar-refractivity contribution is -0.140. The number of amides is 1. The first-order chi connectivity index (χ1) is 15.4. The zero-order valence-electron chi connectivity index (χ0n) is 17.3. The van der Waals surface area contributed by atoms with E-state index < -0.39 is 23.7 Å². The van der Waals surface area contributed by atoms with Crippen LogP contribution < -0.4 is 0 Å². The van der Waals surface area contributed by atoms with E-state index in [9.17, 15) is 19.5 Å². The fourth-order valence-electron chi connectivity index (χ4n) is 3.47. The van der Waals surface area contributed by atoms with E-state index in [1.807, 2.05) is 0 Å². The Morgan fingerprint density at radius 3 is 2.25 bits per heavy atom. The Kier molecular flexibility index (Phi) is 7.63. The van der Waals surface area contributed by atoms with Crippen LogP contribution in [-0.2, 0) is 19.1 Å². The monoisotopic (exact) mass is 459 g/mol. The number of halogens is 1. The summed E-state index contributed by atoms with van der Waals surface area (Å²) in [5.74, 6) is -2.47. The van der Waals surface area contributed by atoms with Crippen LogP contribution in [-0.4, -0.2) is 66.2 Å². The van der Waals surface area contributed by atoms with Crippen molar-refractivity contribution in [3.05, 3.63) is 75.8 Å². The maximum atomic E-state index is 12.9. The van der Waals surface area contributed by atoms with Gasteiger partial charge in [0.1, 0.15) is 5.76 Å². The molecule has 168 valence electrons. The first kappa shape index (κ1) is 23.5. The number of nitrogens with zero attached hydrogens (tertiary/aromatic N) is 1. The van der Waals surface area contributed by atoms with Crippen molar-refractivity contribution < 1.29 is 34.1 Å². The van der Waals surface area contributed by atoms with Crippen LogP contribution in [0.2, 0.25) is 5.02 Å². The maximum Gasteiger partial charge on any atom is 0.337 e. The van der Waals surface area contributed by atoms with E-state index in [0.717, 1.165) is 0 Å². The van der Waals surface area contributed by atoms with Crippen molar-refractivity contribution >= 4 is 35.0 Å². The minimum Gasteiger partial charge on any atom is -0.507 e. The Morgan fingerprint density at radius 1 is 1.03 bits per heavy atom. The van der Waals surface area contributed by atoms with Crippen molar-refractivity contribution in [2.75, 3.05) is 33.5 Å². The minimum atomic E-state index is -0.893. The molecule has 0 radical (unpaired) electrons. The number of likely N-dealkylation sites (tertiary alicyclic amines) is 1. The van der Waals surface area contributed by atoms with Crippen LogP contribution in [0.4, 0.5) is 0 Å². The molecule has 1 atom stereocenters. The van der Waals surface area contributed by atoms with E-state index in [1.165, 1.54) is 24.1 Å². The van der Waals surface area contributed by atoms with Gasteiger partial charge in [0.2, 0.25) is 0 Å². The second kappa shape index (κ2) is 10.4. The molecule has 9 heteroatoms. The Morgan fingerprint density at radius 2 is 1.66 bits per heavy atom. The SMILES string of the molecule is COC(=O)c1ccc(C2/C(=C(\O)c3ccc(Cl)cc3)C(=O)C(=O)N2CCOCCO)cc1. The number of Topliss-reactive ketones (excluding diaryl/α,β-unsaturated/α-hetero) is 1. The molecule has 1 fully saturated rings. The molecule has 1 heterocycles. The number of esters is 1. The molecule has 2 aromatic carbocycles. The molecular weight excluding hydrogens is 438 g/mol. The average Bonchev–Trinajstić information content (AvgIpc) is 3.06. The van der Waals surface area contributed by atoms with Gasteiger partial charge >= 0.3 is 5.97 Å². The highest BCUT2D eigenvalue weighted by atomic mass is 35.5. The highest BCUT2D eigenvalue weighted by Crippen LogP contribution is 2.39. The smallest absolute Gasteiger partial charge is 0.337 e. The van der Waals surface area contributed by atoms with Crippen molar-refractivity contribution in [1.82, 2.24) is 4.90 Å². The molecule has 32 heavy (non-hydrogen) atoms. The van der Waals surface area contributed by atoms with Crippen molar-refractivity contribution in [3.63, 3.8) is 0 Å². The summed E-state index contributed by atoms with van der Waals surface area (Å²) in [6.07, 6.45) is 0. The number of ketones is 1. The second-order valence-electron chi connectivity index (χ2n) is 6.95. The van der Waals surface area contributed by atoms with E-state index >= 15 is 0 Å². The predicted molar refractivity (Wildman–Crippen MR) is 116 cm³/mol. The van der Waals surface area contributed by atoms with Crippen molar-refractivity contribution in [2.45, 2.75) is 6.04 Å². The first-order valence-corrected chi connectivity index (χ1v) is 10.2. The lowest BCUT2D eigenvalue weighted by atomic mass is 9.94. The van der Waals surface area contributed by atoms with Gasteiger partial charge in [-0.05, 0) is 42.0 Å². The third kappa shape index (κ3) is 4.83. The fraction of sp³-hybridized carbons (Fsp3) is 0.261. The zero-order chi connectivity index (χ0) is 23.3. The third-order valence-electron chi connectivity index (χ3n) is 5.02. The minimum absolute atomic E-state index is 0.0609. The van der Waals surface area contributed by atoms with Crippen molar-refractivity contribution in [2.24, 2.45) is 0 Å². The normalized spacial score (nSPS) is 17.6. The van der Waals surface area contributed by atoms with Crippen LogP contribution in [0, 0.1) is 0 Å². The van der Waals surface area contributed by atoms with Gasteiger partial charge in [-0.25, -0.2) is 4.79 Å². The highest BCUT2D eigenvalue weighted by Gasteiger charge is 2.45. The molecule has 2 N–H and O–H groups in total. The summed E-state index contributed by atoms with van der Waals surface area (Å²) in [6, 6.07) is 11.6. The largest absolute Gasteiger partial charge is 0.507 e. The van der Waals surface area contributed by atoms with Gasteiger partial charge in [-0.15, -0.1) is 0 Å².